The molecule has 0 saturated carbocycles. The van der Waals surface area contributed by atoms with Crippen LogP contribution >= 0.6 is 0 Å². The summed E-state index contributed by atoms with van der Waals surface area (Å²) in [4.78, 5) is 48.3. The summed E-state index contributed by atoms with van der Waals surface area (Å²) in [6.07, 6.45) is 7.60. The van der Waals surface area contributed by atoms with Crippen LogP contribution in [0, 0.1) is 0 Å². The molecule has 256 valence electrons. The molecule has 46 heavy (non-hydrogen) atoms. The van der Waals surface area contributed by atoms with E-state index in [9.17, 15) is 19.2 Å². The number of ether oxygens (including phenoxy) is 6. The van der Waals surface area contributed by atoms with E-state index in [1.54, 1.807) is 48.5 Å². The van der Waals surface area contributed by atoms with Crippen molar-refractivity contribution in [2.24, 2.45) is 0 Å². The van der Waals surface area contributed by atoms with E-state index in [-0.39, 0.29) is 35.5 Å². The number of carbonyl (C=O) groups excluding carboxylic acids is 4. The summed E-state index contributed by atoms with van der Waals surface area (Å²) >= 11 is 0. The van der Waals surface area contributed by atoms with Crippen LogP contribution in [0.25, 0.3) is 0 Å². The molecule has 0 heterocycles. The first-order valence-corrected chi connectivity index (χ1v) is 16.4. The molecule has 0 aromatic heterocycles. The Balaban J connectivity index is 0.000000476. The molecule has 0 aliphatic heterocycles. The predicted octanol–water partition coefficient (Wildman–Crippen LogP) is 7.23. The fourth-order valence-corrected chi connectivity index (χ4v) is 3.69. The van der Waals surface area contributed by atoms with Gasteiger partial charge in [-0.3, -0.25) is 0 Å². The molecule has 0 radical (unpaired) electrons. The smallest absolute Gasteiger partial charge is 0.339 e. The molecular weight excluding hydrogens is 592 g/mol. The van der Waals surface area contributed by atoms with Crippen molar-refractivity contribution in [2.75, 3.05) is 52.9 Å². The van der Waals surface area contributed by atoms with Crippen molar-refractivity contribution >= 4 is 23.9 Å². The Bertz CT molecular complexity index is 1060. The molecule has 0 amide bonds. The summed E-state index contributed by atoms with van der Waals surface area (Å²) in [7, 11) is 0. The van der Waals surface area contributed by atoms with Crippen LogP contribution in [-0.2, 0) is 28.4 Å². The quantitative estimate of drug-likeness (QED) is 0.0736. The van der Waals surface area contributed by atoms with Gasteiger partial charge in [0.05, 0.1) is 48.7 Å². The second kappa shape index (κ2) is 26.5. The minimum absolute atomic E-state index is 0.150. The Kier molecular flexibility index (Phi) is 23.2. The molecule has 0 unspecified atom stereocenters. The second-order valence-corrected chi connectivity index (χ2v) is 10.3. The van der Waals surface area contributed by atoms with Crippen LogP contribution in [0.1, 0.15) is 120 Å². The number of unbranched alkanes of at least 4 members (excludes halogenated alkanes) is 4. The zero-order chi connectivity index (χ0) is 33.8. The third-order valence-electron chi connectivity index (χ3n) is 6.40. The Morgan fingerprint density at radius 1 is 0.391 bits per heavy atom. The van der Waals surface area contributed by atoms with Crippen molar-refractivity contribution in [3.8, 4) is 0 Å². The van der Waals surface area contributed by atoms with Crippen molar-refractivity contribution in [1.29, 1.82) is 0 Å². The molecule has 10 nitrogen and oxygen atoms in total. The summed E-state index contributed by atoms with van der Waals surface area (Å²) in [6, 6.07) is 13.1. The molecule has 0 aliphatic rings. The zero-order valence-electron chi connectivity index (χ0n) is 28.0. The fourth-order valence-electron chi connectivity index (χ4n) is 3.69. The number of benzene rings is 2. The molecule has 0 saturated heterocycles. The van der Waals surface area contributed by atoms with Crippen LogP contribution < -0.4 is 0 Å². The van der Waals surface area contributed by atoms with E-state index in [1.807, 2.05) is 13.8 Å². The van der Waals surface area contributed by atoms with Gasteiger partial charge in [-0.05, 0) is 49.9 Å². The highest BCUT2D eigenvalue weighted by Gasteiger charge is 2.20. The van der Waals surface area contributed by atoms with Crippen molar-refractivity contribution in [3.63, 3.8) is 0 Å². The van der Waals surface area contributed by atoms with Gasteiger partial charge in [0.25, 0.3) is 0 Å². The lowest BCUT2D eigenvalue weighted by atomic mass is 10.1. The Morgan fingerprint density at radius 3 is 0.935 bits per heavy atom. The first-order valence-electron chi connectivity index (χ1n) is 16.4. The Hall–Kier alpha value is -3.76. The molecular formula is C36H52O10. The van der Waals surface area contributed by atoms with E-state index < -0.39 is 23.9 Å². The van der Waals surface area contributed by atoms with Crippen molar-refractivity contribution in [2.45, 2.75) is 79.1 Å². The maximum Gasteiger partial charge on any atom is 0.339 e. The van der Waals surface area contributed by atoms with Gasteiger partial charge in [-0.1, -0.05) is 77.6 Å². The van der Waals surface area contributed by atoms with Gasteiger partial charge in [0, 0.05) is 13.2 Å². The molecule has 2 aromatic carbocycles. The van der Waals surface area contributed by atoms with Crippen molar-refractivity contribution in [3.05, 3.63) is 70.8 Å². The highest BCUT2D eigenvalue weighted by atomic mass is 16.6. The van der Waals surface area contributed by atoms with Crippen LogP contribution in [0.5, 0.6) is 0 Å². The average molecular weight is 645 g/mol. The largest absolute Gasteiger partial charge is 0.462 e. The lowest BCUT2D eigenvalue weighted by Crippen LogP contribution is -2.17. The van der Waals surface area contributed by atoms with Crippen molar-refractivity contribution in [1.82, 2.24) is 0 Å². The summed E-state index contributed by atoms with van der Waals surface area (Å²) in [5.74, 6) is -2.06. The molecule has 0 N–H and O–H groups in total. The third-order valence-corrected chi connectivity index (χ3v) is 6.40. The minimum Gasteiger partial charge on any atom is -0.462 e. The van der Waals surface area contributed by atoms with Crippen LogP contribution in [0.15, 0.2) is 48.5 Å². The van der Waals surface area contributed by atoms with E-state index in [0.29, 0.717) is 39.6 Å². The molecule has 0 atom stereocenters. The topological polar surface area (TPSA) is 124 Å². The van der Waals surface area contributed by atoms with Gasteiger partial charge in [-0.15, -0.1) is 0 Å². The Labute approximate surface area is 274 Å². The summed E-state index contributed by atoms with van der Waals surface area (Å²) < 4.78 is 31.3. The number of esters is 4. The zero-order valence-corrected chi connectivity index (χ0v) is 28.0. The maximum atomic E-state index is 12.2. The standard InChI is InChI=1S/C20H30O6.C16H22O4/c1-3-5-11-23-13-15-25-19(21)17-9-7-8-10-18(17)20(22)26-16-14-24-12-6-4-2;1-3-5-11-19-15(17)13-9-7-8-10-14(13)16(18)20-12-6-4-2/h7-10H,3-6,11-16H2,1-2H3;7-10H,3-6,11-12H2,1-2H3. The number of carbonyl (C=O) groups is 4. The van der Waals surface area contributed by atoms with Gasteiger partial charge < -0.3 is 28.4 Å². The SMILES string of the molecule is CCCCOC(=O)c1ccccc1C(=O)OCCCC.CCCCOCCOC(=O)c1ccccc1C(=O)OCCOCCCC. The monoisotopic (exact) mass is 644 g/mol. The van der Waals surface area contributed by atoms with Gasteiger partial charge in [-0.2, -0.15) is 0 Å². The van der Waals surface area contributed by atoms with Crippen LogP contribution in [0.2, 0.25) is 0 Å². The number of hydrogen-bond acceptors (Lipinski definition) is 10. The predicted molar refractivity (Wildman–Crippen MR) is 175 cm³/mol. The Morgan fingerprint density at radius 2 is 0.652 bits per heavy atom. The van der Waals surface area contributed by atoms with E-state index in [2.05, 4.69) is 13.8 Å². The maximum absolute atomic E-state index is 12.2. The lowest BCUT2D eigenvalue weighted by Gasteiger charge is -2.10. The first-order chi connectivity index (χ1) is 22.4. The van der Waals surface area contributed by atoms with E-state index >= 15 is 0 Å². The van der Waals surface area contributed by atoms with Crippen LogP contribution in [0.3, 0.4) is 0 Å². The van der Waals surface area contributed by atoms with E-state index in [4.69, 9.17) is 28.4 Å². The van der Waals surface area contributed by atoms with E-state index in [1.165, 1.54) is 0 Å². The third kappa shape index (κ3) is 17.1. The van der Waals surface area contributed by atoms with Gasteiger partial charge in [0.2, 0.25) is 0 Å². The summed E-state index contributed by atoms with van der Waals surface area (Å²) in [5, 5.41) is 0. The van der Waals surface area contributed by atoms with E-state index in [0.717, 1.165) is 51.4 Å². The molecule has 10 heteroatoms. The summed E-state index contributed by atoms with van der Waals surface area (Å²) in [6.45, 7) is 11.2. The van der Waals surface area contributed by atoms with Gasteiger partial charge in [-0.25, -0.2) is 19.2 Å². The first kappa shape index (κ1) is 40.3. The van der Waals surface area contributed by atoms with Crippen LogP contribution in [-0.4, -0.2) is 76.7 Å². The van der Waals surface area contributed by atoms with Gasteiger partial charge >= 0.3 is 23.9 Å². The molecule has 2 aromatic rings. The van der Waals surface area contributed by atoms with Crippen LogP contribution in [0.4, 0.5) is 0 Å². The summed E-state index contributed by atoms with van der Waals surface area (Å²) in [5.41, 5.74) is 0.922. The highest BCUT2D eigenvalue weighted by molar-refractivity contribution is 6.03. The average Bonchev–Trinajstić information content (AvgIpc) is 3.08. The number of hydrogen-bond donors (Lipinski definition) is 0. The van der Waals surface area contributed by atoms with Gasteiger partial charge in [0.15, 0.2) is 0 Å². The van der Waals surface area contributed by atoms with Gasteiger partial charge in [0.1, 0.15) is 13.2 Å². The molecule has 0 spiro atoms. The minimum atomic E-state index is -0.559. The van der Waals surface area contributed by atoms with Crippen molar-refractivity contribution < 1.29 is 47.6 Å². The molecule has 0 bridgehead atoms. The fraction of sp³-hybridized carbons (Fsp3) is 0.556. The highest BCUT2D eigenvalue weighted by Crippen LogP contribution is 2.14. The normalized spacial score (nSPS) is 10.3. The molecule has 0 fully saturated rings. The second-order valence-electron chi connectivity index (χ2n) is 10.3. The molecule has 0 aliphatic carbocycles. The molecule has 2 rings (SSSR count). The number of rotatable bonds is 22. The lowest BCUT2D eigenvalue weighted by molar-refractivity contribution is 0.0276.